The summed E-state index contributed by atoms with van der Waals surface area (Å²) in [5.41, 5.74) is 4.61. The summed E-state index contributed by atoms with van der Waals surface area (Å²) in [6, 6.07) is 15.0. The summed E-state index contributed by atoms with van der Waals surface area (Å²) in [5.74, 6) is 0.842. The minimum atomic E-state index is -0.328. The Hall–Kier alpha value is -3.41. The number of aryl methyl sites for hydroxylation is 2. The third-order valence-electron chi connectivity index (χ3n) is 4.04. The van der Waals surface area contributed by atoms with Crippen molar-refractivity contribution in [1.82, 2.24) is 9.97 Å². The molecule has 2 aromatic carbocycles. The molecule has 0 aliphatic rings. The van der Waals surface area contributed by atoms with Crippen molar-refractivity contribution in [2.24, 2.45) is 0 Å². The van der Waals surface area contributed by atoms with Gasteiger partial charge in [-0.2, -0.15) is 4.98 Å². The van der Waals surface area contributed by atoms with Gasteiger partial charge >= 0.3 is 5.97 Å². The first-order chi connectivity index (χ1) is 13.1. The second-order valence-electron chi connectivity index (χ2n) is 6.08. The van der Waals surface area contributed by atoms with Crippen LogP contribution in [0.4, 0.5) is 23.1 Å². The monoisotopic (exact) mass is 362 g/mol. The predicted octanol–water partition coefficient (Wildman–Crippen LogP) is 4.76. The molecule has 0 atom stereocenters. The van der Waals surface area contributed by atoms with Crippen LogP contribution < -0.4 is 10.6 Å². The van der Waals surface area contributed by atoms with Crippen LogP contribution in [0.5, 0.6) is 0 Å². The molecule has 3 aromatic rings. The van der Waals surface area contributed by atoms with Crippen molar-refractivity contribution >= 4 is 29.1 Å². The summed E-state index contributed by atoms with van der Waals surface area (Å²) >= 11 is 0. The molecule has 6 nitrogen and oxygen atoms in total. The normalized spacial score (nSPS) is 10.3. The van der Waals surface area contributed by atoms with E-state index in [9.17, 15) is 4.79 Å². The van der Waals surface area contributed by atoms with Gasteiger partial charge in [-0.05, 0) is 62.2 Å². The molecule has 0 unspecified atom stereocenters. The summed E-state index contributed by atoms with van der Waals surface area (Å²) < 4.78 is 4.99. The molecule has 0 bridgehead atoms. The molecule has 0 fully saturated rings. The summed E-state index contributed by atoms with van der Waals surface area (Å²) in [5, 5.41) is 6.50. The van der Waals surface area contributed by atoms with E-state index in [0.717, 1.165) is 22.5 Å². The fourth-order valence-corrected chi connectivity index (χ4v) is 2.66. The molecule has 27 heavy (non-hydrogen) atoms. The van der Waals surface area contributed by atoms with Crippen molar-refractivity contribution in [3.63, 3.8) is 0 Å². The van der Waals surface area contributed by atoms with Gasteiger partial charge in [0.25, 0.3) is 0 Å². The number of para-hydroxylation sites is 1. The van der Waals surface area contributed by atoms with Gasteiger partial charge in [0.1, 0.15) is 5.82 Å². The van der Waals surface area contributed by atoms with Crippen LogP contribution in [-0.4, -0.2) is 22.5 Å². The number of carbonyl (C=O) groups excluding carboxylic acids is 1. The van der Waals surface area contributed by atoms with Gasteiger partial charge in [0.15, 0.2) is 0 Å². The number of carbonyl (C=O) groups is 1. The molecule has 138 valence electrons. The van der Waals surface area contributed by atoms with E-state index in [4.69, 9.17) is 4.74 Å². The van der Waals surface area contributed by atoms with E-state index in [0.29, 0.717) is 23.9 Å². The lowest BCUT2D eigenvalue weighted by molar-refractivity contribution is 0.0526. The summed E-state index contributed by atoms with van der Waals surface area (Å²) in [6.45, 7) is 6.23. The van der Waals surface area contributed by atoms with Crippen molar-refractivity contribution in [3.8, 4) is 0 Å². The number of hydrogen-bond donors (Lipinski definition) is 2. The van der Waals surface area contributed by atoms with E-state index in [2.05, 4.69) is 20.6 Å². The lowest BCUT2D eigenvalue weighted by Crippen LogP contribution is -2.05. The third kappa shape index (κ3) is 4.61. The molecule has 0 aliphatic carbocycles. The van der Waals surface area contributed by atoms with Crippen molar-refractivity contribution in [2.45, 2.75) is 20.8 Å². The number of esters is 1. The van der Waals surface area contributed by atoms with Gasteiger partial charge in [-0.15, -0.1) is 0 Å². The standard InChI is InChI=1S/C21H22N4O2/c1-4-27-20(26)16-8-10-17(11-9-16)23-18-12-13-22-21(24-18)25-19-14(2)6-5-7-15(19)3/h5-13H,4H2,1-3H3,(H2,22,23,24,25). The Morgan fingerprint density at radius 2 is 1.70 bits per heavy atom. The lowest BCUT2D eigenvalue weighted by atomic mass is 10.1. The van der Waals surface area contributed by atoms with Crippen LogP contribution >= 0.6 is 0 Å². The highest BCUT2D eigenvalue weighted by molar-refractivity contribution is 5.89. The Morgan fingerprint density at radius 3 is 2.37 bits per heavy atom. The number of nitrogens with zero attached hydrogens (tertiary/aromatic N) is 2. The number of aromatic nitrogens is 2. The molecular weight excluding hydrogens is 340 g/mol. The number of benzene rings is 2. The number of rotatable bonds is 6. The first kappa shape index (κ1) is 18.4. The highest BCUT2D eigenvalue weighted by atomic mass is 16.5. The molecule has 3 rings (SSSR count). The van der Waals surface area contributed by atoms with Crippen molar-refractivity contribution < 1.29 is 9.53 Å². The Kier molecular flexibility index (Phi) is 5.66. The van der Waals surface area contributed by atoms with E-state index < -0.39 is 0 Å². The SMILES string of the molecule is CCOC(=O)c1ccc(Nc2ccnc(Nc3c(C)cccc3C)n2)cc1. The number of anilines is 4. The topological polar surface area (TPSA) is 76.1 Å². The van der Waals surface area contributed by atoms with Crippen LogP contribution in [0.25, 0.3) is 0 Å². The molecule has 0 amide bonds. The molecule has 0 saturated carbocycles. The zero-order valence-corrected chi connectivity index (χ0v) is 15.6. The maximum absolute atomic E-state index is 11.7. The van der Waals surface area contributed by atoms with E-state index >= 15 is 0 Å². The highest BCUT2D eigenvalue weighted by Gasteiger charge is 2.07. The molecule has 0 radical (unpaired) electrons. The Bertz CT molecular complexity index is 919. The van der Waals surface area contributed by atoms with Crippen LogP contribution in [0, 0.1) is 13.8 Å². The van der Waals surface area contributed by atoms with E-state index in [1.54, 1.807) is 31.3 Å². The van der Waals surface area contributed by atoms with Crippen LogP contribution in [0.1, 0.15) is 28.4 Å². The van der Waals surface area contributed by atoms with Gasteiger partial charge in [-0.25, -0.2) is 9.78 Å². The second kappa shape index (κ2) is 8.31. The third-order valence-corrected chi connectivity index (χ3v) is 4.04. The van der Waals surface area contributed by atoms with Crippen LogP contribution in [0.3, 0.4) is 0 Å². The quantitative estimate of drug-likeness (QED) is 0.616. The highest BCUT2D eigenvalue weighted by Crippen LogP contribution is 2.23. The molecule has 1 heterocycles. The van der Waals surface area contributed by atoms with Crippen molar-refractivity contribution in [3.05, 3.63) is 71.4 Å². The van der Waals surface area contributed by atoms with Crippen molar-refractivity contribution in [2.75, 3.05) is 17.2 Å². The average molecular weight is 362 g/mol. The number of nitrogens with one attached hydrogen (secondary N) is 2. The Balaban J connectivity index is 1.73. The predicted molar refractivity (Wildman–Crippen MR) is 107 cm³/mol. The Morgan fingerprint density at radius 1 is 1.00 bits per heavy atom. The fourth-order valence-electron chi connectivity index (χ4n) is 2.66. The maximum Gasteiger partial charge on any atom is 0.338 e. The zero-order valence-electron chi connectivity index (χ0n) is 15.6. The summed E-state index contributed by atoms with van der Waals surface area (Å²) in [7, 11) is 0. The van der Waals surface area contributed by atoms with Crippen molar-refractivity contribution in [1.29, 1.82) is 0 Å². The van der Waals surface area contributed by atoms with Gasteiger partial charge in [0, 0.05) is 17.6 Å². The smallest absolute Gasteiger partial charge is 0.338 e. The molecule has 0 spiro atoms. The van der Waals surface area contributed by atoms with Crippen LogP contribution in [0.2, 0.25) is 0 Å². The van der Waals surface area contributed by atoms with Crippen LogP contribution in [0.15, 0.2) is 54.7 Å². The Labute approximate surface area is 158 Å². The molecule has 6 heteroatoms. The molecule has 2 N–H and O–H groups in total. The minimum absolute atomic E-state index is 0.328. The van der Waals surface area contributed by atoms with Gasteiger partial charge < -0.3 is 15.4 Å². The largest absolute Gasteiger partial charge is 0.462 e. The maximum atomic E-state index is 11.7. The van der Waals surface area contributed by atoms with Crippen LogP contribution in [-0.2, 0) is 4.74 Å². The first-order valence-electron chi connectivity index (χ1n) is 8.77. The van der Waals surface area contributed by atoms with Gasteiger partial charge in [-0.3, -0.25) is 0 Å². The molecule has 0 aliphatic heterocycles. The summed E-state index contributed by atoms with van der Waals surface area (Å²) in [4.78, 5) is 20.5. The second-order valence-corrected chi connectivity index (χ2v) is 6.08. The minimum Gasteiger partial charge on any atom is -0.462 e. The number of ether oxygens (including phenoxy) is 1. The molecule has 1 aromatic heterocycles. The lowest BCUT2D eigenvalue weighted by Gasteiger charge is -2.12. The average Bonchev–Trinajstić information content (AvgIpc) is 2.66. The molecule has 0 saturated heterocycles. The fraction of sp³-hybridized carbons (Fsp3) is 0.190. The van der Waals surface area contributed by atoms with E-state index in [-0.39, 0.29) is 5.97 Å². The van der Waals surface area contributed by atoms with Gasteiger partial charge in [0.05, 0.1) is 12.2 Å². The van der Waals surface area contributed by atoms with Gasteiger partial charge in [0.2, 0.25) is 5.95 Å². The zero-order chi connectivity index (χ0) is 19.2. The summed E-state index contributed by atoms with van der Waals surface area (Å²) in [6.07, 6.45) is 1.69. The molecular formula is C21H22N4O2. The van der Waals surface area contributed by atoms with E-state index in [1.165, 1.54) is 0 Å². The van der Waals surface area contributed by atoms with Gasteiger partial charge in [-0.1, -0.05) is 18.2 Å². The van der Waals surface area contributed by atoms with E-state index in [1.807, 2.05) is 44.2 Å². The number of hydrogen-bond acceptors (Lipinski definition) is 6. The first-order valence-corrected chi connectivity index (χ1v) is 8.77.